The first-order valence-corrected chi connectivity index (χ1v) is 8.11. The van der Waals surface area contributed by atoms with Crippen LogP contribution in [0.5, 0.6) is 0 Å². The van der Waals surface area contributed by atoms with E-state index in [1.165, 1.54) is 0 Å². The van der Waals surface area contributed by atoms with E-state index in [9.17, 15) is 0 Å². The van der Waals surface area contributed by atoms with Crippen LogP contribution in [0.2, 0.25) is 0 Å². The summed E-state index contributed by atoms with van der Waals surface area (Å²) in [5, 5.41) is 7.42. The fraction of sp³-hybridized carbons (Fsp3) is 0.267. The maximum atomic E-state index is 5.99. The van der Waals surface area contributed by atoms with Crippen molar-refractivity contribution in [2.24, 2.45) is 4.99 Å². The molecule has 0 unspecified atom stereocenters. The van der Waals surface area contributed by atoms with Gasteiger partial charge >= 0.3 is 0 Å². The number of hydrogen-bond donors (Lipinski definition) is 3. The Morgan fingerprint density at radius 2 is 2.05 bits per heavy atom. The zero-order chi connectivity index (χ0) is 15.9. The first-order valence-electron chi connectivity index (χ1n) is 6.87. The molecule has 0 saturated carbocycles. The second kappa shape index (κ2) is 5.38. The Labute approximate surface area is 141 Å². The minimum atomic E-state index is 0.0177. The van der Waals surface area contributed by atoms with Gasteiger partial charge in [0.15, 0.2) is 5.82 Å². The molecule has 22 heavy (non-hydrogen) atoms. The number of benzene rings is 1. The van der Waals surface area contributed by atoms with Crippen molar-refractivity contribution in [2.75, 3.05) is 5.73 Å². The number of imidazole rings is 1. The molecule has 0 saturated heterocycles. The van der Waals surface area contributed by atoms with Crippen LogP contribution in [0.3, 0.4) is 0 Å². The number of fused-ring (bicyclic) bond motifs is 1. The van der Waals surface area contributed by atoms with Crippen molar-refractivity contribution in [3.05, 3.63) is 23.9 Å². The van der Waals surface area contributed by atoms with E-state index in [0.29, 0.717) is 5.69 Å². The molecule has 1 aromatic carbocycles. The van der Waals surface area contributed by atoms with Gasteiger partial charge in [-0.15, -0.1) is 0 Å². The summed E-state index contributed by atoms with van der Waals surface area (Å²) < 4.78 is 1.69. The fourth-order valence-corrected chi connectivity index (χ4v) is 2.47. The molecule has 4 N–H and O–H groups in total. The second-order valence-corrected chi connectivity index (χ2v) is 6.71. The molecular weight excluding hydrogens is 391 g/mol. The normalized spacial score (nSPS) is 12.5. The van der Waals surface area contributed by atoms with Crippen LogP contribution >= 0.6 is 22.6 Å². The molecule has 114 valence electrons. The summed E-state index contributed by atoms with van der Waals surface area (Å²) in [6, 6.07) is 5.74. The third-order valence-corrected chi connectivity index (χ3v) is 3.73. The molecule has 0 spiro atoms. The van der Waals surface area contributed by atoms with E-state index in [1.54, 1.807) is 4.22 Å². The van der Waals surface area contributed by atoms with Crippen molar-refractivity contribution in [3.8, 4) is 11.5 Å². The zero-order valence-corrected chi connectivity index (χ0v) is 14.8. The minimum absolute atomic E-state index is 0.0177. The largest absolute Gasteiger partial charge is 0.397 e. The van der Waals surface area contributed by atoms with Gasteiger partial charge in [-0.1, -0.05) is 20.8 Å². The molecule has 2 heterocycles. The number of anilines is 1. The van der Waals surface area contributed by atoms with Gasteiger partial charge in [-0.25, -0.2) is 9.98 Å². The molecular formula is C15H17IN6. The molecule has 0 radical (unpaired) electrons. The highest BCUT2D eigenvalue weighted by Crippen LogP contribution is 2.30. The van der Waals surface area contributed by atoms with Gasteiger partial charge in [0.1, 0.15) is 5.69 Å². The van der Waals surface area contributed by atoms with Gasteiger partial charge in [0.25, 0.3) is 0 Å². The smallest absolute Gasteiger partial charge is 0.159 e. The van der Waals surface area contributed by atoms with Gasteiger partial charge < -0.3 is 10.7 Å². The quantitative estimate of drug-likeness (QED) is 0.341. The van der Waals surface area contributed by atoms with E-state index >= 15 is 0 Å². The molecule has 2 aromatic heterocycles. The predicted molar refractivity (Wildman–Crippen MR) is 99.0 cm³/mol. The Morgan fingerprint density at radius 3 is 2.68 bits per heavy atom. The SMILES string of the molecule is CC(C)(C)c1cc(-c2nc3cc(N)c(/N=C/I)cc3[nH]2)n[nH]1. The van der Waals surface area contributed by atoms with Gasteiger partial charge in [-0.05, 0) is 40.8 Å². The number of nitrogens with zero attached hydrogens (tertiary/aromatic N) is 3. The maximum absolute atomic E-state index is 5.99. The number of nitrogen functional groups attached to an aromatic ring is 1. The summed E-state index contributed by atoms with van der Waals surface area (Å²) in [5.74, 6) is 0.719. The number of nitrogens with one attached hydrogen (secondary N) is 2. The fourth-order valence-electron chi connectivity index (χ4n) is 2.17. The van der Waals surface area contributed by atoms with E-state index in [-0.39, 0.29) is 5.41 Å². The zero-order valence-electron chi connectivity index (χ0n) is 12.6. The van der Waals surface area contributed by atoms with Crippen LogP contribution in [0.1, 0.15) is 26.5 Å². The lowest BCUT2D eigenvalue weighted by Gasteiger charge is -2.14. The molecule has 0 atom stereocenters. The van der Waals surface area contributed by atoms with Crippen molar-refractivity contribution in [3.63, 3.8) is 0 Å². The van der Waals surface area contributed by atoms with Crippen molar-refractivity contribution in [1.29, 1.82) is 0 Å². The summed E-state index contributed by atoms with van der Waals surface area (Å²) >= 11 is 2.07. The third kappa shape index (κ3) is 2.72. The summed E-state index contributed by atoms with van der Waals surface area (Å²) in [4.78, 5) is 12.1. The molecule has 0 aliphatic carbocycles. The number of nitrogens with two attached hydrogens (primary N) is 1. The Bertz CT molecular complexity index is 853. The first-order chi connectivity index (χ1) is 10.4. The van der Waals surface area contributed by atoms with E-state index in [0.717, 1.165) is 33.9 Å². The number of aromatic nitrogens is 4. The minimum Gasteiger partial charge on any atom is -0.397 e. The van der Waals surface area contributed by atoms with E-state index in [2.05, 4.69) is 68.5 Å². The van der Waals surface area contributed by atoms with E-state index in [1.807, 2.05) is 18.2 Å². The van der Waals surface area contributed by atoms with Gasteiger partial charge in [0.05, 0.1) is 26.6 Å². The van der Waals surface area contributed by atoms with Crippen LogP contribution in [0, 0.1) is 0 Å². The molecule has 0 fully saturated rings. The van der Waals surface area contributed by atoms with E-state index in [4.69, 9.17) is 5.73 Å². The Balaban J connectivity index is 2.07. The number of halogens is 1. The third-order valence-electron chi connectivity index (χ3n) is 3.45. The Morgan fingerprint density at radius 1 is 1.27 bits per heavy atom. The average molecular weight is 408 g/mol. The van der Waals surface area contributed by atoms with Crippen LogP contribution in [-0.2, 0) is 5.41 Å². The molecule has 0 bridgehead atoms. The van der Waals surface area contributed by atoms with Crippen LogP contribution < -0.4 is 5.73 Å². The number of aliphatic imine (C=N–C) groups is 1. The lowest BCUT2D eigenvalue weighted by Crippen LogP contribution is -2.11. The monoisotopic (exact) mass is 408 g/mol. The standard InChI is InChI=1S/C15H17IN6/c1-15(2,3)13-6-12(21-22-13)14-19-10-4-8(17)9(18-7-16)5-11(10)20-14/h4-7H,17H2,1-3H3,(H,19,20)(H,21,22)/b18-7+. The Kier molecular flexibility index (Phi) is 3.67. The van der Waals surface area contributed by atoms with Crippen molar-refractivity contribution >= 4 is 49.2 Å². The van der Waals surface area contributed by atoms with Crippen LogP contribution in [0.15, 0.2) is 23.2 Å². The second-order valence-electron chi connectivity index (χ2n) is 6.16. The van der Waals surface area contributed by atoms with Crippen LogP contribution in [0.4, 0.5) is 11.4 Å². The highest BCUT2D eigenvalue weighted by molar-refractivity contribution is 14.1. The van der Waals surface area contributed by atoms with Gasteiger partial charge in [-0.2, -0.15) is 5.10 Å². The van der Waals surface area contributed by atoms with Crippen LogP contribution in [-0.4, -0.2) is 24.4 Å². The first kappa shape index (κ1) is 15.0. The van der Waals surface area contributed by atoms with Crippen LogP contribution in [0.25, 0.3) is 22.6 Å². The lowest BCUT2D eigenvalue weighted by atomic mass is 9.92. The summed E-state index contributed by atoms with van der Waals surface area (Å²) in [6.45, 7) is 6.41. The lowest BCUT2D eigenvalue weighted by molar-refractivity contribution is 0.567. The average Bonchev–Trinajstić information content (AvgIpc) is 3.04. The summed E-state index contributed by atoms with van der Waals surface area (Å²) in [5.41, 5.74) is 10.9. The van der Waals surface area contributed by atoms with Gasteiger partial charge in [0, 0.05) is 11.1 Å². The topological polar surface area (TPSA) is 95.7 Å². The molecule has 0 amide bonds. The van der Waals surface area contributed by atoms with E-state index < -0.39 is 0 Å². The molecule has 7 heteroatoms. The maximum Gasteiger partial charge on any atom is 0.159 e. The van der Waals surface area contributed by atoms with Crippen molar-refractivity contribution in [2.45, 2.75) is 26.2 Å². The number of aromatic amines is 2. The molecule has 6 nitrogen and oxygen atoms in total. The molecule has 0 aliphatic heterocycles. The number of rotatable bonds is 2. The van der Waals surface area contributed by atoms with Gasteiger partial charge in [0.2, 0.25) is 0 Å². The van der Waals surface area contributed by atoms with Gasteiger partial charge in [-0.3, -0.25) is 5.10 Å². The van der Waals surface area contributed by atoms with Crippen molar-refractivity contribution in [1.82, 2.24) is 20.2 Å². The number of hydrogen-bond acceptors (Lipinski definition) is 4. The Hall–Kier alpha value is -1.90. The predicted octanol–water partition coefficient (Wildman–Crippen LogP) is 3.93. The highest BCUT2D eigenvalue weighted by atomic mass is 127. The molecule has 3 aromatic rings. The summed E-state index contributed by atoms with van der Waals surface area (Å²) in [6.07, 6.45) is 0. The van der Waals surface area contributed by atoms with Crippen molar-refractivity contribution < 1.29 is 0 Å². The number of H-pyrrole nitrogens is 2. The summed E-state index contributed by atoms with van der Waals surface area (Å²) in [7, 11) is 0. The molecule has 3 rings (SSSR count). The highest BCUT2D eigenvalue weighted by Gasteiger charge is 2.18. The molecule has 0 aliphatic rings.